The highest BCUT2D eigenvalue weighted by Crippen LogP contribution is 2.13. The number of thiazole rings is 1. The number of nitrogens with two attached hydrogens (primary N) is 1. The SMILES string of the molecule is Cc1cccc(CN(C)C(=O)c2csc(CCN)n2)n1. The molecule has 0 fully saturated rings. The van der Waals surface area contributed by atoms with Gasteiger partial charge >= 0.3 is 0 Å². The van der Waals surface area contributed by atoms with E-state index < -0.39 is 0 Å². The predicted octanol–water partition coefficient (Wildman–Crippen LogP) is 1.62. The summed E-state index contributed by atoms with van der Waals surface area (Å²) in [6.45, 7) is 2.96. The van der Waals surface area contributed by atoms with E-state index in [9.17, 15) is 4.79 Å². The van der Waals surface area contributed by atoms with Crippen LogP contribution >= 0.6 is 11.3 Å². The lowest BCUT2D eigenvalue weighted by Gasteiger charge is -2.15. The third-order valence-corrected chi connectivity index (χ3v) is 3.73. The van der Waals surface area contributed by atoms with Gasteiger partial charge in [0.2, 0.25) is 0 Å². The minimum Gasteiger partial charge on any atom is -0.334 e. The molecule has 0 saturated carbocycles. The first-order valence-corrected chi connectivity index (χ1v) is 7.30. The van der Waals surface area contributed by atoms with Crippen LogP contribution in [0.3, 0.4) is 0 Å². The molecular formula is C14H18N4OS. The zero-order valence-electron chi connectivity index (χ0n) is 11.7. The number of nitrogens with zero attached hydrogens (tertiary/aromatic N) is 3. The molecule has 0 aliphatic rings. The van der Waals surface area contributed by atoms with Gasteiger partial charge < -0.3 is 10.6 Å². The van der Waals surface area contributed by atoms with Crippen LogP contribution in [0.2, 0.25) is 0 Å². The molecule has 0 aliphatic carbocycles. The molecule has 106 valence electrons. The molecule has 0 spiro atoms. The smallest absolute Gasteiger partial charge is 0.273 e. The molecule has 2 aromatic heterocycles. The molecule has 2 heterocycles. The molecule has 0 aliphatic heterocycles. The van der Waals surface area contributed by atoms with Crippen molar-refractivity contribution in [1.29, 1.82) is 0 Å². The Morgan fingerprint density at radius 2 is 2.20 bits per heavy atom. The van der Waals surface area contributed by atoms with Gasteiger partial charge in [0.15, 0.2) is 0 Å². The van der Waals surface area contributed by atoms with Gasteiger partial charge in [-0.25, -0.2) is 4.98 Å². The molecule has 6 heteroatoms. The molecule has 0 unspecified atom stereocenters. The second-order valence-corrected chi connectivity index (χ2v) is 5.54. The highest BCUT2D eigenvalue weighted by atomic mass is 32.1. The van der Waals surface area contributed by atoms with Crippen LogP contribution in [0.4, 0.5) is 0 Å². The summed E-state index contributed by atoms with van der Waals surface area (Å²) >= 11 is 1.47. The maximum atomic E-state index is 12.3. The van der Waals surface area contributed by atoms with Crippen molar-refractivity contribution in [2.24, 2.45) is 5.73 Å². The van der Waals surface area contributed by atoms with E-state index >= 15 is 0 Å². The zero-order chi connectivity index (χ0) is 14.5. The van der Waals surface area contributed by atoms with Gasteiger partial charge in [-0.3, -0.25) is 9.78 Å². The van der Waals surface area contributed by atoms with E-state index in [0.717, 1.165) is 16.4 Å². The van der Waals surface area contributed by atoms with Crippen LogP contribution in [0.25, 0.3) is 0 Å². The number of carbonyl (C=O) groups excluding carboxylic acids is 1. The average molecular weight is 290 g/mol. The van der Waals surface area contributed by atoms with E-state index in [2.05, 4.69) is 9.97 Å². The van der Waals surface area contributed by atoms with E-state index in [1.807, 2.05) is 25.1 Å². The molecule has 2 aromatic rings. The van der Waals surface area contributed by atoms with E-state index in [1.54, 1.807) is 17.3 Å². The van der Waals surface area contributed by atoms with Crippen molar-refractivity contribution in [2.75, 3.05) is 13.6 Å². The standard InChI is InChI=1S/C14H18N4OS/c1-10-4-3-5-11(16-10)8-18(2)14(19)12-9-20-13(17-12)6-7-15/h3-5,9H,6-8,15H2,1-2H3. The third-order valence-electron chi connectivity index (χ3n) is 2.82. The summed E-state index contributed by atoms with van der Waals surface area (Å²) in [5, 5.41) is 2.69. The number of hydrogen-bond donors (Lipinski definition) is 1. The lowest BCUT2D eigenvalue weighted by molar-refractivity contribution is 0.0778. The lowest BCUT2D eigenvalue weighted by atomic mass is 10.3. The van der Waals surface area contributed by atoms with Crippen molar-refractivity contribution in [1.82, 2.24) is 14.9 Å². The fourth-order valence-electron chi connectivity index (χ4n) is 1.85. The number of aromatic nitrogens is 2. The molecule has 0 aromatic carbocycles. The van der Waals surface area contributed by atoms with Gasteiger partial charge in [0.1, 0.15) is 5.69 Å². The molecule has 0 saturated heterocycles. The van der Waals surface area contributed by atoms with Gasteiger partial charge in [-0.1, -0.05) is 6.07 Å². The Morgan fingerprint density at radius 3 is 2.90 bits per heavy atom. The molecule has 1 amide bonds. The number of carbonyl (C=O) groups is 1. The molecule has 2 rings (SSSR count). The molecule has 5 nitrogen and oxygen atoms in total. The number of pyridine rings is 1. The summed E-state index contributed by atoms with van der Waals surface area (Å²) < 4.78 is 0. The van der Waals surface area contributed by atoms with E-state index in [1.165, 1.54) is 11.3 Å². The van der Waals surface area contributed by atoms with E-state index in [0.29, 0.717) is 25.2 Å². The van der Waals surface area contributed by atoms with Crippen molar-refractivity contribution >= 4 is 17.2 Å². The van der Waals surface area contributed by atoms with Gasteiger partial charge in [0, 0.05) is 24.5 Å². The van der Waals surface area contributed by atoms with E-state index in [-0.39, 0.29) is 5.91 Å². The number of hydrogen-bond acceptors (Lipinski definition) is 5. The second kappa shape index (κ2) is 6.58. The summed E-state index contributed by atoms with van der Waals surface area (Å²) in [5.41, 5.74) is 7.79. The van der Waals surface area contributed by atoms with Crippen LogP contribution in [-0.2, 0) is 13.0 Å². The minimum absolute atomic E-state index is 0.0900. The average Bonchev–Trinajstić information content (AvgIpc) is 2.87. The molecular weight excluding hydrogens is 272 g/mol. The minimum atomic E-state index is -0.0900. The van der Waals surface area contributed by atoms with Crippen LogP contribution in [0, 0.1) is 6.92 Å². The van der Waals surface area contributed by atoms with Crippen LogP contribution in [-0.4, -0.2) is 34.4 Å². The normalized spacial score (nSPS) is 10.6. The van der Waals surface area contributed by atoms with Crippen molar-refractivity contribution in [3.05, 3.63) is 45.7 Å². The summed E-state index contributed by atoms with van der Waals surface area (Å²) in [6, 6.07) is 5.79. The zero-order valence-corrected chi connectivity index (χ0v) is 12.5. The fraction of sp³-hybridized carbons (Fsp3) is 0.357. The highest BCUT2D eigenvalue weighted by molar-refractivity contribution is 7.09. The quantitative estimate of drug-likeness (QED) is 0.908. The summed E-state index contributed by atoms with van der Waals surface area (Å²) in [5.74, 6) is -0.0900. The Hall–Kier alpha value is -1.79. The molecule has 0 atom stereocenters. The fourth-order valence-corrected chi connectivity index (χ4v) is 2.63. The first kappa shape index (κ1) is 14.6. The van der Waals surface area contributed by atoms with Gasteiger partial charge in [-0.05, 0) is 25.6 Å². The largest absolute Gasteiger partial charge is 0.334 e. The van der Waals surface area contributed by atoms with Crippen LogP contribution in [0.5, 0.6) is 0 Å². The molecule has 2 N–H and O–H groups in total. The van der Waals surface area contributed by atoms with Crippen LogP contribution < -0.4 is 5.73 Å². The molecule has 0 bridgehead atoms. The Labute approximate surface area is 122 Å². The van der Waals surface area contributed by atoms with Crippen LogP contribution in [0.15, 0.2) is 23.6 Å². The van der Waals surface area contributed by atoms with Crippen molar-refractivity contribution in [2.45, 2.75) is 19.9 Å². The van der Waals surface area contributed by atoms with Gasteiger partial charge in [-0.2, -0.15) is 0 Å². The monoisotopic (exact) mass is 290 g/mol. The van der Waals surface area contributed by atoms with Gasteiger partial charge in [0.05, 0.1) is 17.2 Å². The summed E-state index contributed by atoms with van der Waals surface area (Å²) in [6.07, 6.45) is 0.709. The lowest BCUT2D eigenvalue weighted by Crippen LogP contribution is -2.27. The van der Waals surface area contributed by atoms with Crippen molar-refractivity contribution in [3.63, 3.8) is 0 Å². The van der Waals surface area contributed by atoms with Gasteiger partial charge in [-0.15, -0.1) is 11.3 Å². The highest BCUT2D eigenvalue weighted by Gasteiger charge is 2.16. The Morgan fingerprint density at radius 1 is 1.40 bits per heavy atom. The Kier molecular flexibility index (Phi) is 4.81. The summed E-state index contributed by atoms with van der Waals surface area (Å²) in [4.78, 5) is 22.6. The first-order chi connectivity index (χ1) is 9.60. The van der Waals surface area contributed by atoms with Crippen molar-refractivity contribution in [3.8, 4) is 0 Å². The third kappa shape index (κ3) is 3.61. The topological polar surface area (TPSA) is 72.1 Å². The van der Waals surface area contributed by atoms with Crippen LogP contribution in [0.1, 0.15) is 26.9 Å². The molecule has 0 radical (unpaired) electrons. The van der Waals surface area contributed by atoms with Crippen molar-refractivity contribution < 1.29 is 4.79 Å². The number of rotatable bonds is 5. The second-order valence-electron chi connectivity index (χ2n) is 4.60. The molecule has 20 heavy (non-hydrogen) atoms. The Balaban J connectivity index is 2.04. The van der Waals surface area contributed by atoms with E-state index in [4.69, 9.17) is 5.73 Å². The first-order valence-electron chi connectivity index (χ1n) is 6.42. The maximum Gasteiger partial charge on any atom is 0.273 e. The Bertz CT molecular complexity index is 596. The number of aryl methyl sites for hydroxylation is 1. The predicted molar refractivity (Wildman–Crippen MR) is 79.6 cm³/mol. The van der Waals surface area contributed by atoms with Gasteiger partial charge in [0.25, 0.3) is 5.91 Å². The summed E-state index contributed by atoms with van der Waals surface area (Å²) in [7, 11) is 1.76. The maximum absolute atomic E-state index is 12.3. The number of amides is 1.